The van der Waals surface area contributed by atoms with E-state index < -0.39 is 24.5 Å². The SMILES string of the molecule is CC1=C2C[C@H]3[C@@H](CC=C4C[C@@H](O)CC[C@@]43C)[C@@H]2CC[C@]12O[C@@H]1C[C@H](C)CN(Cc3cn([C@@H]4O[C@H](CO)C(O)C4O)nn3)[C@H]1[C@H]2C. The number of ether oxygens (including phenoxy) is 2. The first-order valence-corrected chi connectivity index (χ1v) is 17.6. The molecule has 2 unspecified atom stereocenters. The summed E-state index contributed by atoms with van der Waals surface area (Å²) in [5.74, 6) is 2.88. The molecule has 10 heteroatoms. The first-order chi connectivity index (χ1) is 21.5. The second kappa shape index (κ2) is 10.9. The third-order valence-electron chi connectivity index (χ3n) is 13.8. The van der Waals surface area contributed by atoms with E-state index in [9.17, 15) is 20.4 Å². The summed E-state index contributed by atoms with van der Waals surface area (Å²) in [7, 11) is 0. The average molecular weight is 625 g/mol. The van der Waals surface area contributed by atoms with Gasteiger partial charge in [-0.25, -0.2) is 4.68 Å². The van der Waals surface area contributed by atoms with Gasteiger partial charge in [0, 0.05) is 25.0 Å². The van der Waals surface area contributed by atoms with Crippen molar-refractivity contribution in [2.24, 2.45) is 35.0 Å². The van der Waals surface area contributed by atoms with Crippen molar-refractivity contribution in [2.45, 2.75) is 134 Å². The summed E-state index contributed by atoms with van der Waals surface area (Å²) in [6.07, 6.45) is 8.81. The Labute approximate surface area is 266 Å². The van der Waals surface area contributed by atoms with Gasteiger partial charge in [0.1, 0.15) is 18.3 Å². The highest BCUT2D eigenvalue weighted by Crippen LogP contribution is 2.65. The fourth-order valence-electron chi connectivity index (χ4n) is 11.5. The highest BCUT2D eigenvalue weighted by molar-refractivity contribution is 5.38. The molecule has 4 aliphatic carbocycles. The van der Waals surface area contributed by atoms with E-state index in [-0.39, 0.29) is 35.9 Å². The Kier molecular flexibility index (Phi) is 7.45. The summed E-state index contributed by atoms with van der Waals surface area (Å²) in [5, 5.41) is 49.3. The van der Waals surface area contributed by atoms with E-state index in [1.807, 2.05) is 0 Å². The van der Waals surface area contributed by atoms with Gasteiger partial charge in [0.25, 0.3) is 0 Å². The lowest BCUT2D eigenvalue weighted by Crippen LogP contribution is -2.51. The van der Waals surface area contributed by atoms with Crippen LogP contribution >= 0.6 is 0 Å². The van der Waals surface area contributed by atoms with E-state index >= 15 is 0 Å². The Morgan fingerprint density at radius 1 is 1.09 bits per heavy atom. The van der Waals surface area contributed by atoms with Gasteiger partial charge in [0.15, 0.2) is 6.23 Å². The number of aliphatic hydroxyl groups is 4. The Balaban J connectivity index is 1.04. The van der Waals surface area contributed by atoms with E-state index in [4.69, 9.17) is 9.47 Å². The predicted octanol–water partition coefficient (Wildman–Crippen LogP) is 3.12. The first-order valence-electron chi connectivity index (χ1n) is 17.6. The summed E-state index contributed by atoms with van der Waals surface area (Å²) in [6.45, 7) is 10.8. The highest BCUT2D eigenvalue weighted by atomic mass is 16.6. The van der Waals surface area contributed by atoms with E-state index in [2.05, 4.69) is 49.0 Å². The standard InChI is InChI=1S/C35H52N4O6/c1-18-11-28-30(38(14-18)15-22-16-39(37-36-22)33-32(43)31(42)29(17-40)44-33)20(3)35(45-28)10-8-24-25-6-5-21-12-23(41)7-9-34(21,4)27(25)13-26(24)19(35)2/h5,16,18,20,23-25,27-33,40-43H,6-15,17H2,1-4H3/t18-,20+,23-,24-,25-,27-,28+,29+,30-,31?,32?,33+,34-,35-/m0/s1. The highest BCUT2D eigenvalue weighted by Gasteiger charge is 2.61. The van der Waals surface area contributed by atoms with E-state index in [0.29, 0.717) is 36.1 Å². The number of likely N-dealkylation sites (tertiary alicyclic amines) is 1. The zero-order chi connectivity index (χ0) is 31.4. The van der Waals surface area contributed by atoms with Gasteiger partial charge in [-0.05, 0) is 93.0 Å². The van der Waals surface area contributed by atoms with Gasteiger partial charge in [0.2, 0.25) is 0 Å². The van der Waals surface area contributed by atoms with Crippen LogP contribution in [0.15, 0.2) is 29.0 Å². The molecular weight excluding hydrogens is 572 g/mol. The summed E-state index contributed by atoms with van der Waals surface area (Å²) >= 11 is 0. The lowest BCUT2D eigenvalue weighted by molar-refractivity contribution is -0.0658. The minimum absolute atomic E-state index is 0.167. The van der Waals surface area contributed by atoms with Gasteiger partial charge in [0.05, 0.1) is 36.3 Å². The van der Waals surface area contributed by atoms with Crippen LogP contribution in [-0.4, -0.2) is 95.6 Å². The van der Waals surface area contributed by atoms with Crippen LogP contribution in [0.3, 0.4) is 0 Å². The molecule has 0 radical (unpaired) electrons. The molecule has 5 fully saturated rings. The third-order valence-corrected chi connectivity index (χ3v) is 13.8. The molecule has 10 nitrogen and oxygen atoms in total. The van der Waals surface area contributed by atoms with E-state index in [1.54, 1.807) is 11.8 Å². The largest absolute Gasteiger partial charge is 0.394 e. The number of hydrogen-bond donors (Lipinski definition) is 4. The molecule has 0 aromatic carbocycles. The smallest absolute Gasteiger partial charge is 0.180 e. The maximum Gasteiger partial charge on any atom is 0.180 e. The number of aromatic nitrogens is 3. The number of fused-ring (bicyclic) bond motifs is 6. The lowest BCUT2D eigenvalue weighted by atomic mass is 9.56. The van der Waals surface area contributed by atoms with Gasteiger partial charge < -0.3 is 29.9 Å². The van der Waals surface area contributed by atoms with Crippen molar-refractivity contribution in [3.63, 3.8) is 0 Å². The van der Waals surface area contributed by atoms with Gasteiger partial charge in [-0.1, -0.05) is 43.2 Å². The topological polar surface area (TPSA) is 133 Å². The Hall–Kier alpha value is -1.66. The van der Waals surface area contributed by atoms with Gasteiger partial charge in [-0.15, -0.1) is 5.10 Å². The Morgan fingerprint density at radius 3 is 2.69 bits per heavy atom. The summed E-state index contributed by atoms with van der Waals surface area (Å²) < 4.78 is 14.5. The van der Waals surface area contributed by atoms with Crippen molar-refractivity contribution in [1.82, 2.24) is 19.9 Å². The predicted molar refractivity (Wildman–Crippen MR) is 165 cm³/mol. The van der Waals surface area contributed by atoms with Crippen LogP contribution in [0.4, 0.5) is 0 Å². The summed E-state index contributed by atoms with van der Waals surface area (Å²) in [6, 6.07) is 0.279. The number of allylic oxidation sites excluding steroid dienone is 2. The quantitative estimate of drug-likeness (QED) is 0.373. The lowest BCUT2D eigenvalue weighted by Gasteiger charge is -2.49. The van der Waals surface area contributed by atoms with Crippen LogP contribution in [0.2, 0.25) is 0 Å². The molecule has 8 rings (SSSR count). The maximum atomic E-state index is 10.5. The van der Waals surface area contributed by atoms with Crippen LogP contribution in [0.5, 0.6) is 0 Å². The fourth-order valence-corrected chi connectivity index (χ4v) is 11.5. The molecule has 3 aliphatic heterocycles. The van der Waals surface area contributed by atoms with Crippen LogP contribution in [-0.2, 0) is 16.0 Å². The van der Waals surface area contributed by atoms with Crippen molar-refractivity contribution in [3.8, 4) is 0 Å². The van der Waals surface area contributed by atoms with Crippen molar-refractivity contribution in [2.75, 3.05) is 13.2 Å². The molecule has 45 heavy (non-hydrogen) atoms. The zero-order valence-corrected chi connectivity index (χ0v) is 27.3. The molecule has 1 aromatic heterocycles. The molecule has 1 aromatic rings. The first kappa shape index (κ1) is 30.7. The van der Waals surface area contributed by atoms with E-state index in [1.165, 1.54) is 28.7 Å². The molecule has 4 heterocycles. The molecule has 4 N–H and O–H groups in total. The number of nitrogens with zero attached hydrogens (tertiary/aromatic N) is 4. The second-order valence-electron chi connectivity index (χ2n) is 16.1. The Bertz CT molecular complexity index is 1380. The van der Waals surface area contributed by atoms with Crippen molar-refractivity contribution in [3.05, 3.63) is 34.7 Å². The molecule has 1 spiro atoms. The molecular formula is C35H52N4O6. The van der Waals surface area contributed by atoms with Crippen LogP contribution in [0, 0.1) is 35.0 Å². The molecule has 248 valence electrons. The van der Waals surface area contributed by atoms with Crippen molar-refractivity contribution >= 4 is 0 Å². The molecule has 0 amide bonds. The van der Waals surface area contributed by atoms with Crippen molar-refractivity contribution in [1.29, 1.82) is 0 Å². The van der Waals surface area contributed by atoms with Gasteiger partial charge in [-0.3, -0.25) is 4.90 Å². The molecule has 3 saturated heterocycles. The van der Waals surface area contributed by atoms with Crippen LogP contribution < -0.4 is 0 Å². The van der Waals surface area contributed by atoms with Crippen LogP contribution in [0.1, 0.15) is 91.0 Å². The molecule has 14 atom stereocenters. The third kappa shape index (κ3) is 4.53. The molecule has 7 aliphatic rings. The minimum Gasteiger partial charge on any atom is -0.394 e. The molecule has 2 saturated carbocycles. The maximum absolute atomic E-state index is 10.5. The second-order valence-corrected chi connectivity index (χ2v) is 16.1. The molecule has 0 bridgehead atoms. The van der Waals surface area contributed by atoms with Gasteiger partial charge in [-0.2, -0.15) is 0 Å². The fraction of sp³-hybridized carbons (Fsp3) is 0.829. The average Bonchev–Trinajstić information content (AvgIpc) is 3.76. The Morgan fingerprint density at radius 2 is 1.91 bits per heavy atom. The zero-order valence-electron chi connectivity index (χ0n) is 27.3. The summed E-state index contributed by atoms with van der Waals surface area (Å²) in [4.78, 5) is 2.55. The van der Waals surface area contributed by atoms with E-state index in [0.717, 1.165) is 50.8 Å². The van der Waals surface area contributed by atoms with Gasteiger partial charge >= 0.3 is 0 Å². The summed E-state index contributed by atoms with van der Waals surface area (Å²) in [5.41, 5.74) is 5.50. The van der Waals surface area contributed by atoms with Crippen molar-refractivity contribution < 1.29 is 29.9 Å². The van der Waals surface area contributed by atoms with Crippen LogP contribution in [0.25, 0.3) is 0 Å². The monoisotopic (exact) mass is 624 g/mol. The number of piperidine rings is 1. The normalized spacial score (nSPS) is 49.6. The number of aliphatic hydroxyl groups excluding tert-OH is 4. The number of rotatable bonds is 4. The number of hydrogen-bond acceptors (Lipinski definition) is 9. The minimum atomic E-state index is -1.18.